The maximum atomic E-state index is 13.0. The van der Waals surface area contributed by atoms with E-state index in [2.05, 4.69) is 20.6 Å². The van der Waals surface area contributed by atoms with Gasteiger partial charge in [0.15, 0.2) is 0 Å². The van der Waals surface area contributed by atoms with Crippen LogP contribution in [0.25, 0.3) is 11.1 Å². The molecule has 0 saturated carbocycles. The van der Waals surface area contributed by atoms with Crippen LogP contribution < -0.4 is 10.6 Å². The van der Waals surface area contributed by atoms with Crippen LogP contribution in [0.3, 0.4) is 0 Å². The van der Waals surface area contributed by atoms with E-state index in [0.717, 1.165) is 16.7 Å². The predicted molar refractivity (Wildman–Crippen MR) is 115 cm³/mol. The summed E-state index contributed by atoms with van der Waals surface area (Å²) in [5.41, 5.74) is 3.39. The highest BCUT2D eigenvalue weighted by Crippen LogP contribution is 2.21. The maximum absolute atomic E-state index is 13.0. The van der Waals surface area contributed by atoms with Gasteiger partial charge in [-0.25, -0.2) is 9.97 Å². The van der Waals surface area contributed by atoms with Gasteiger partial charge in [0.25, 0.3) is 0 Å². The lowest BCUT2D eigenvalue weighted by Crippen LogP contribution is -2.44. The van der Waals surface area contributed by atoms with Gasteiger partial charge in [0, 0.05) is 23.6 Å². The highest BCUT2D eigenvalue weighted by molar-refractivity contribution is 5.95. The normalized spacial score (nSPS) is 11.5. The average Bonchev–Trinajstić information content (AvgIpc) is 2.78. The lowest BCUT2D eigenvalue weighted by atomic mass is 10.0. The molecular formula is C23H24N4O3. The second-order valence-electron chi connectivity index (χ2n) is 6.63. The number of carbonyl (C=O) groups excluding carboxylic acids is 2. The molecule has 2 aromatic carbocycles. The van der Waals surface area contributed by atoms with E-state index < -0.39 is 12.0 Å². The van der Waals surface area contributed by atoms with Gasteiger partial charge in [-0.05, 0) is 36.6 Å². The van der Waals surface area contributed by atoms with Crippen LogP contribution >= 0.6 is 0 Å². The fourth-order valence-corrected chi connectivity index (χ4v) is 2.98. The minimum atomic E-state index is -0.597. The zero-order valence-corrected chi connectivity index (χ0v) is 16.7. The van der Waals surface area contributed by atoms with Crippen molar-refractivity contribution in [3.63, 3.8) is 0 Å². The summed E-state index contributed by atoms with van der Waals surface area (Å²) in [6, 6.07) is 16.5. The second kappa shape index (κ2) is 10.8. The summed E-state index contributed by atoms with van der Waals surface area (Å²) >= 11 is 0. The van der Waals surface area contributed by atoms with Gasteiger partial charge in [-0.1, -0.05) is 42.5 Å². The molecule has 1 heterocycles. The first-order chi connectivity index (χ1) is 14.7. The lowest BCUT2D eigenvalue weighted by molar-refractivity contribution is -0.142. The van der Waals surface area contributed by atoms with Crippen LogP contribution in [0.4, 0.5) is 5.69 Å². The van der Waals surface area contributed by atoms with Crippen LogP contribution in [0.5, 0.6) is 0 Å². The first-order valence-electron chi connectivity index (χ1n) is 9.75. The number of esters is 1. The number of nitrogens with zero attached hydrogens (tertiary/aromatic N) is 2. The quantitative estimate of drug-likeness (QED) is 0.533. The molecule has 30 heavy (non-hydrogen) atoms. The summed E-state index contributed by atoms with van der Waals surface area (Å²) in [7, 11) is 0. The summed E-state index contributed by atoms with van der Waals surface area (Å²) in [6.07, 6.45) is 5.34. The number of carbonyl (C=O) groups is 2. The Kier molecular flexibility index (Phi) is 7.63. The van der Waals surface area contributed by atoms with Crippen LogP contribution in [-0.2, 0) is 20.7 Å². The first-order valence-corrected chi connectivity index (χ1v) is 9.75. The van der Waals surface area contributed by atoms with E-state index in [1.54, 1.807) is 19.3 Å². The monoisotopic (exact) mass is 404 g/mol. The SMILES string of the molecule is CCOC(=O)CN[C@@H](Cc1ccccc1)C(=O)Nc1cccc(-c2cncnc2)c1. The van der Waals surface area contributed by atoms with Gasteiger partial charge in [0.2, 0.25) is 5.91 Å². The van der Waals surface area contributed by atoms with Gasteiger partial charge in [0.05, 0.1) is 19.2 Å². The van der Waals surface area contributed by atoms with Gasteiger partial charge in [-0.3, -0.25) is 14.9 Å². The summed E-state index contributed by atoms with van der Waals surface area (Å²) < 4.78 is 4.96. The standard InChI is InChI=1S/C23H24N4O3/c1-2-30-22(28)15-26-21(11-17-7-4-3-5-8-17)23(29)27-20-10-6-9-18(12-20)19-13-24-16-25-14-19/h3-10,12-14,16,21,26H,2,11,15H2,1H3,(H,27,29)/t21-/m0/s1. The van der Waals surface area contributed by atoms with Crippen molar-refractivity contribution in [3.05, 3.63) is 78.9 Å². The molecule has 0 aliphatic carbocycles. The number of rotatable bonds is 9. The van der Waals surface area contributed by atoms with Crippen molar-refractivity contribution < 1.29 is 14.3 Å². The molecule has 7 nitrogen and oxygen atoms in total. The van der Waals surface area contributed by atoms with Crippen molar-refractivity contribution in [3.8, 4) is 11.1 Å². The van der Waals surface area contributed by atoms with Crippen LogP contribution in [0, 0.1) is 0 Å². The third-order valence-electron chi connectivity index (χ3n) is 4.42. The smallest absolute Gasteiger partial charge is 0.319 e. The number of hydrogen-bond acceptors (Lipinski definition) is 6. The molecule has 0 aliphatic heterocycles. The molecule has 3 aromatic rings. The number of nitrogens with one attached hydrogen (secondary N) is 2. The topological polar surface area (TPSA) is 93.2 Å². The Balaban J connectivity index is 1.72. The van der Waals surface area contributed by atoms with E-state index in [1.807, 2.05) is 54.6 Å². The summed E-state index contributed by atoms with van der Waals surface area (Å²) in [4.78, 5) is 32.8. The van der Waals surface area contributed by atoms with Gasteiger partial charge in [-0.2, -0.15) is 0 Å². The van der Waals surface area contributed by atoms with E-state index >= 15 is 0 Å². The van der Waals surface area contributed by atoms with Crippen LogP contribution in [0.2, 0.25) is 0 Å². The molecular weight excluding hydrogens is 380 g/mol. The number of amides is 1. The molecule has 1 atom stereocenters. The Hall–Kier alpha value is -3.58. The van der Waals surface area contributed by atoms with Crippen LogP contribution in [0.15, 0.2) is 73.3 Å². The van der Waals surface area contributed by atoms with E-state index in [9.17, 15) is 9.59 Å². The maximum Gasteiger partial charge on any atom is 0.319 e. The van der Waals surface area contributed by atoms with Crippen molar-refractivity contribution in [2.75, 3.05) is 18.5 Å². The van der Waals surface area contributed by atoms with Gasteiger partial charge >= 0.3 is 5.97 Å². The van der Waals surface area contributed by atoms with Crippen molar-refractivity contribution in [2.45, 2.75) is 19.4 Å². The Labute approximate surface area is 175 Å². The molecule has 3 rings (SSSR count). The molecule has 1 aromatic heterocycles. The summed E-state index contributed by atoms with van der Waals surface area (Å²) in [5.74, 6) is -0.626. The van der Waals surface area contributed by atoms with E-state index in [-0.39, 0.29) is 12.5 Å². The van der Waals surface area contributed by atoms with Gasteiger partial charge < -0.3 is 10.1 Å². The zero-order valence-electron chi connectivity index (χ0n) is 16.7. The number of ether oxygens (including phenoxy) is 1. The van der Waals surface area contributed by atoms with Crippen molar-refractivity contribution >= 4 is 17.6 Å². The fourth-order valence-electron chi connectivity index (χ4n) is 2.98. The summed E-state index contributed by atoms with van der Waals surface area (Å²) in [5, 5.41) is 5.95. The van der Waals surface area contributed by atoms with Crippen molar-refractivity contribution in [1.29, 1.82) is 0 Å². The Morgan fingerprint density at radius 2 is 1.77 bits per heavy atom. The van der Waals surface area contributed by atoms with Crippen LogP contribution in [0.1, 0.15) is 12.5 Å². The largest absolute Gasteiger partial charge is 0.465 e. The molecule has 0 fully saturated rings. The Morgan fingerprint density at radius 3 is 2.50 bits per heavy atom. The number of hydrogen-bond donors (Lipinski definition) is 2. The van der Waals surface area contributed by atoms with E-state index in [1.165, 1.54) is 6.33 Å². The molecule has 0 saturated heterocycles. The van der Waals surface area contributed by atoms with E-state index in [4.69, 9.17) is 4.74 Å². The van der Waals surface area contributed by atoms with Crippen LogP contribution in [-0.4, -0.2) is 41.0 Å². The third kappa shape index (κ3) is 6.22. The van der Waals surface area contributed by atoms with Gasteiger partial charge in [-0.15, -0.1) is 0 Å². The molecule has 7 heteroatoms. The average molecular weight is 404 g/mol. The Bertz CT molecular complexity index is 964. The molecule has 1 amide bonds. The first kappa shape index (κ1) is 21.1. The zero-order chi connectivity index (χ0) is 21.2. The van der Waals surface area contributed by atoms with Crippen molar-refractivity contribution in [1.82, 2.24) is 15.3 Å². The molecule has 0 radical (unpaired) electrons. The third-order valence-corrected chi connectivity index (χ3v) is 4.42. The molecule has 0 bridgehead atoms. The highest BCUT2D eigenvalue weighted by Gasteiger charge is 2.20. The number of anilines is 1. The van der Waals surface area contributed by atoms with Gasteiger partial charge in [0.1, 0.15) is 6.33 Å². The predicted octanol–water partition coefficient (Wildman–Crippen LogP) is 2.85. The highest BCUT2D eigenvalue weighted by atomic mass is 16.5. The fraction of sp³-hybridized carbons (Fsp3) is 0.217. The van der Waals surface area contributed by atoms with E-state index in [0.29, 0.717) is 18.7 Å². The molecule has 0 aliphatic rings. The second-order valence-corrected chi connectivity index (χ2v) is 6.63. The number of aromatic nitrogens is 2. The number of benzene rings is 2. The minimum absolute atomic E-state index is 0.0415. The summed E-state index contributed by atoms with van der Waals surface area (Å²) in [6.45, 7) is 2.00. The van der Waals surface area contributed by atoms with Crippen molar-refractivity contribution in [2.24, 2.45) is 0 Å². The lowest BCUT2D eigenvalue weighted by Gasteiger charge is -2.18. The molecule has 154 valence electrons. The molecule has 2 N–H and O–H groups in total. The Morgan fingerprint density at radius 1 is 1.00 bits per heavy atom. The molecule has 0 unspecified atom stereocenters. The molecule has 0 spiro atoms. The minimum Gasteiger partial charge on any atom is -0.465 e.